The summed E-state index contributed by atoms with van der Waals surface area (Å²) in [7, 11) is 2.51. The molecule has 1 aliphatic rings. The average molecular weight is 358 g/mol. The van der Waals surface area contributed by atoms with Crippen LogP contribution in [0.4, 0.5) is 5.69 Å². The van der Waals surface area contributed by atoms with E-state index in [9.17, 15) is 9.59 Å². The van der Waals surface area contributed by atoms with E-state index in [2.05, 4.69) is 10.2 Å². The van der Waals surface area contributed by atoms with E-state index in [1.54, 1.807) is 22.1 Å². The van der Waals surface area contributed by atoms with E-state index in [1.807, 2.05) is 25.1 Å². The molecule has 0 amide bonds. The van der Waals surface area contributed by atoms with Crippen LogP contribution in [0, 0.1) is 6.92 Å². The summed E-state index contributed by atoms with van der Waals surface area (Å²) in [6.45, 7) is 1.96. The first kappa shape index (κ1) is 17.6. The Morgan fingerprint density at radius 1 is 1.12 bits per heavy atom. The molecule has 0 bridgehead atoms. The van der Waals surface area contributed by atoms with Crippen molar-refractivity contribution in [2.24, 2.45) is 0 Å². The average Bonchev–Trinajstić information content (AvgIpc) is 3.21. The number of aromatic nitrogens is 3. The van der Waals surface area contributed by atoms with Gasteiger partial charge in [-0.05, 0) is 24.6 Å². The normalized spacial score (nSPS) is 14.3. The van der Waals surface area contributed by atoms with Gasteiger partial charge in [-0.2, -0.15) is 0 Å². The minimum Gasteiger partial charge on any atom is -0.466 e. The van der Waals surface area contributed by atoms with Crippen molar-refractivity contribution in [3.63, 3.8) is 0 Å². The van der Waals surface area contributed by atoms with Crippen LogP contribution in [0.2, 0.25) is 0 Å². The summed E-state index contributed by atoms with van der Waals surface area (Å²) in [5.41, 5.74) is 2.59. The number of carbonyl (C=O) groups excluding carboxylic acids is 2. The molecule has 3 rings (SSSR count). The first-order valence-corrected chi connectivity index (χ1v) is 7.77. The third-order valence-electron chi connectivity index (χ3n) is 4.03. The molecule has 1 aromatic carbocycles. The van der Waals surface area contributed by atoms with Gasteiger partial charge in [-0.15, -0.1) is 10.2 Å². The molecule has 0 radical (unpaired) electrons. The number of aryl methyl sites for hydroxylation is 1. The Morgan fingerprint density at radius 3 is 2.46 bits per heavy atom. The van der Waals surface area contributed by atoms with Crippen molar-refractivity contribution >= 4 is 17.6 Å². The van der Waals surface area contributed by atoms with E-state index in [4.69, 9.17) is 14.2 Å². The molecule has 1 aliphatic heterocycles. The fourth-order valence-electron chi connectivity index (χ4n) is 2.72. The Morgan fingerprint density at radius 2 is 1.81 bits per heavy atom. The summed E-state index contributed by atoms with van der Waals surface area (Å²) in [6.07, 6.45) is 3.14. The van der Waals surface area contributed by atoms with E-state index < -0.39 is 11.9 Å². The third-order valence-corrected chi connectivity index (χ3v) is 4.03. The molecule has 9 heteroatoms. The molecule has 2 aromatic rings. The molecule has 0 spiro atoms. The lowest BCUT2D eigenvalue weighted by Crippen LogP contribution is -2.39. The van der Waals surface area contributed by atoms with Gasteiger partial charge in [0.05, 0.1) is 32.1 Å². The smallest absolute Gasteiger partial charge is 0.355 e. The highest BCUT2D eigenvalue weighted by molar-refractivity contribution is 6.03. The largest absolute Gasteiger partial charge is 0.466 e. The molecule has 2 heterocycles. The fourth-order valence-corrected chi connectivity index (χ4v) is 2.72. The Hall–Kier alpha value is -3.20. The summed E-state index contributed by atoms with van der Waals surface area (Å²) >= 11 is 0. The topological polar surface area (TPSA) is 95.8 Å². The second kappa shape index (κ2) is 7.36. The van der Waals surface area contributed by atoms with Crippen molar-refractivity contribution < 1.29 is 23.8 Å². The number of esters is 2. The van der Waals surface area contributed by atoms with Crippen LogP contribution in [-0.4, -0.2) is 54.3 Å². The molecule has 0 saturated carbocycles. The highest BCUT2D eigenvalue weighted by Gasteiger charge is 2.33. The van der Waals surface area contributed by atoms with Crippen molar-refractivity contribution in [2.75, 3.05) is 32.5 Å². The van der Waals surface area contributed by atoms with Crippen LogP contribution in [0.1, 0.15) is 5.56 Å². The number of carbonyl (C=O) groups is 2. The Balaban J connectivity index is 2.13. The lowest BCUT2D eigenvalue weighted by atomic mass is 10.1. The van der Waals surface area contributed by atoms with Crippen LogP contribution < -0.4 is 4.90 Å². The third kappa shape index (κ3) is 3.16. The number of anilines is 1. The van der Waals surface area contributed by atoms with Crippen molar-refractivity contribution in [3.05, 3.63) is 47.7 Å². The number of rotatable bonds is 4. The highest BCUT2D eigenvalue weighted by Crippen LogP contribution is 2.31. The maximum Gasteiger partial charge on any atom is 0.355 e. The zero-order chi connectivity index (χ0) is 18.7. The zero-order valence-electron chi connectivity index (χ0n) is 14.6. The molecule has 0 fully saturated rings. The van der Waals surface area contributed by atoms with E-state index in [0.29, 0.717) is 5.69 Å². The summed E-state index contributed by atoms with van der Waals surface area (Å²) < 4.78 is 16.9. The van der Waals surface area contributed by atoms with Gasteiger partial charge >= 0.3 is 11.9 Å². The SMILES string of the molecule is COC(=O)C1=C(C(=O)OC)N(c2cc(-n3cnnc3)ccc2C)COC1. The van der Waals surface area contributed by atoms with Gasteiger partial charge in [-0.25, -0.2) is 9.59 Å². The molecule has 0 N–H and O–H groups in total. The quantitative estimate of drug-likeness (QED) is 0.746. The maximum absolute atomic E-state index is 12.4. The Bertz CT molecular complexity index is 860. The summed E-state index contributed by atoms with van der Waals surface area (Å²) in [5, 5.41) is 7.59. The maximum atomic E-state index is 12.4. The number of benzene rings is 1. The van der Waals surface area contributed by atoms with Crippen molar-refractivity contribution in [3.8, 4) is 5.69 Å². The lowest BCUT2D eigenvalue weighted by molar-refractivity contribution is -0.140. The molecule has 9 nitrogen and oxygen atoms in total. The predicted molar refractivity (Wildman–Crippen MR) is 90.5 cm³/mol. The Kier molecular flexibility index (Phi) is 4.99. The van der Waals surface area contributed by atoms with Crippen LogP contribution in [0.5, 0.6) is 0 Å². The highest BCUT2D eigenvalue weighted by atomic mass is 16.5. The van der Waals surface area contributed by atoms with E-state index in [1.165, 1.54) is 14.2 Å². The number of methoxy groups -OCH3 is 2. The van der Waals surface area contributed by atoms with Crippen LogP contribution in [0.25, 0.3) is 5.69 Å². The number of hydrogen-bond acceptors (Lipinski definition) is 8. The van der Waals surface area contributed by atoms with Crippen molar-refractivity contribution in [1.82, 2.24) is 14.8 Å². The van der Waals surface area contributed by atoms with Crippen LogP contribution in [0.3, 0.4) is 0 Å². The minimum absolute atomic E-state index is 0.0300. The van der Waals surface area contributed by atoms with Gasteiger partial charge < -0.3 is 19.1 Å². The summed E-state index contributed by atoms with van der Waals surface area (Å²) in [6, 6.07) is 5.65. The van der Waals surface area contributed by atoms with Gasteiger partial charge in [0.25, 0.3) is 0 Å². The van der Waals surface area contributed by atoms with Crippen LogP contribution in [-0.2, 0) is 23.8 Å². The molecular formula is C17H18N4O5. The molecule has 0 saturated heterocycles. The van der Waals surface area contributed by atoms with E-state index in [0.717, 1.165) is 11.3 Å². The summed E-state index contributed by atoms with van der Waals surface area (Å²) in [5.74, 6) is -1.27. The molecule has 0 atom stereocenters. The second-order valence-electron chi connectivity index (χ2n) is 5.56. The summed E-state index contributed by atoms with van der Waals surface area (Å²) in [4.78, 5) is 26.1. The number of hydrogen-bond donors (Lipinski definition) is 0. The number of nitrogens with zero attached hydrogens (tertiary/aromatic N) is 4. The molecule has 1 aromatic heterocycles. The molecule has 0 aliphatic carbocycles. The number of ether oxygens (including phenoxy) is 3. The van der Waals surface area contributed by atoms with E-state index in [-0.39, 0.29) is 24.6 Å². The van der Waals surface area contributed by atoms with Gasteiger partial charge in [0.1, 0.15) is 25.1 Å². The zero-order valence-corrected chi connectivity index (χ0v) is 14.6. The molecule has 136 valence electrons. The lowest BCUT2D eigenvalue weighted by Gasteiger charge is -2.32. The van der Waals surface area contributed by atoms with Crippen molar-refractivity contribution in [2.45, 2.75) is 6.92 Å². The first-order valence-electron chi connectivity index (χ1n) is 7.77. The van der Waals surface area contributed by atoms with Gasteiger partial charge in [-0.1, -0.05) is 6.07 Å². The van der Waals surface area contributed by atoms with Crippen molar-refractivity contribution in [1.29, 1.82) is 0 Å². The van der Waals surface area contributed by atoms with E-state index >= 15 is 0 Å². The first-order chi connectivity index (χ1) is 12.6. The second-order valence-corrected chi connectivity index (χ2v) is 5.56. The molecular weight excluding hydrogens is 340 g/mol. The Labute approximate surface area is 149 Å². The van der Waals surface area contributed by atoms with Crippen LogP contribution in [0.15, 0.2) is 42.1 Å². The molecule has 0 unspecified atom stereocenters. The van der Waals surface area contributed by atoms with Gasteiger partial charge in [-0.3, -0.25) is 4.57 Å². The molecule has 26 heavy (non-hydrogen) atoms. The standard InChI is InChI=1S/C17H18N4O5/c1-11-4-5-12(20-8-18-19-9-20)6-14(11)21-10-26-7-13(16(22)24-2)15(21)17(23)25-3/h4-6,8-9H,7,10H2,1-3H3. The monoisotopic (exact) mass is 358 g/mol. The fraction of sp³-hybridized carbons (Fsp3) is 0.294. The predicted octanol–water partition coefficient (Wildman–Crippen LogP) is 0.970. The van der Waals surface area contributed by atoms with Gasteiger partial charge in [0.15, 0.2) is 0 Å². The van der Waals surface area contributed by atoms with Gasteiger partial charge in [0.2, 0.25) is 0 Å². The van der Waals surface area contributed by atoms with Crippen LogP contribution >= 0.6 is 0 Å². The van der Waals surface area contributed by atoms with Gasteiger partial charge in [0, 0.05) is 5.69 Å². The minimum atomic E-state index is -0.636.